The molecule has 1 aromatic heterocycles. The van der Waals surface area contributed by atoms with Crippen LogP contribution in [0.4, 0.5) is 0 Å². The van der Waals surface area contributed by atoms with E-state index >= 15 is 0 Å². The van der Waals surface area contributed by atoms with E-state index in [0.717, 1.165) is 11.1 Å². The van der Waals surface area contributed by atoms with Crippen LogP contribution in [-0.4, -0.2) is 19.2 Å². The first-order valence-electron chi connectivity index (χ1n) is 4.48. The Kier molecular flexibility index (Phi) is 2.52. The number of rotatable bonds is 3. The van der Waals surface area contributed by atoms with Gasteiger partial charge >= 0.3 is 0 Å². The second-order valence-corrected chi connectivity index (χ2v) is 3.13. The molecule has 0 atom stereocenters. The van der Waals surface area contributed by atoms with Crippen LogP contribution in [-0.2, 0) is 9.47 Å². The van der Waals surface area contributed by atoms with Crippen molar-refractivity contribution in [2.45, 2.75) is 6.29 Å². The number of aromatic amines is 1. The molecule has 2 aromatic rings. The Morgan fingerprint density at radius 1 is 1.14 bits per heavy atom. The average molecular weight is 191 g/mol. The van der Waals surface area contributed by atoms with E-state index in [2.05, 4.69) is 4.98 Å². The highest BCUT2D eigenvalue weighted by Gasteiger charge is 2.08. The normalized spacial score (nSPS) is 11.4. The van der Waals surface area contributed by atoms with Gasteiger partial charge in [-0.2, -0.15) is 0 Å². The molecule has 0 radical (unpaired) electrons. The van der Waals surface area contributed by atoms with Crippen molar-refractivity contribution in [3.05, 3.63) is 36.0 Å². The highest BCUT2D eigenvalue weighted by atomic mass is 16.7. The van der Waals surface area contributed by atoms with Crippen LogP contribution in [0, 0.1) is 0 Å². The molecule has 74 valence electrons. The van der Waals surface area contributed by atoms with Gasteiger partial charge in [-0.3, -0.25) is 0 Å². The molecule has 0 fully saturated rings. The van der Waals surface area contributed by atoms with Gasteiger partial charge in [-0.25, -0.2) is 0 Å². The lowest BCUT2D eigenvalue weighted by molar-refractivity contribution is -0.105. The van der Waals surface area contributed by atoms with Gasteiger partial charge in [0.05, 0.1) is 0 Å². The zero-order valence-corrected chi connectivity index (χ0v) is 8.28. The van der Waals surface area contributed by atoms with Gasteiger partial charge in [0.1, 0.15) is 0 Å². The first-order chi connectivity index (χ1) is 6.85. The first kappa shape index (κ1) is 9.24. The third kappa shape index (κ3) is 1.52. The lowest BCUT2D eigenvalue weighted by Crippen LogP contribution is -2.02. The summed E-state index contributed by atoms with van der Waals surface area (Å²) >= 11 is 0. The van der Waals surface area contributed by atoms with Crippen LogP contribution in [0.2, 0.25) is 0 Å². The molecule has 0 spiro atoms. The largest absolute Gasteiger partial charge is 0.361 e. The molecule has 3 nitrogen and oxygen atoms in total. The van der Waals surface area contributed by atoms with Gasteiger partial charge in [0.25, 0.3) is 0 Å². The maximum Gasteiger partial charge on any atom is 0.183 e. The average Bonchev–Trinajstić information content (AvgIpc) is 2.66. The van der Waals surface area contributed by atoms with E-state index in [1.165, 1.54) is 5.39 Å². The summed E-state index contributed by atoms with van der Waals surface area (Å²) in [5.41, 5.74) is 2.12. The summed E-state index contributed by atoms with van der Waals surface area (Å²) in [7, 11) is 3.26. The summed E-state index contributed by atoms with van der Waals surface area (Å²) in [5.74, 6) is 0. The SMILES string of the molecule is COC(OC)c1ccc2cc[nH]c2c1. The number of benzene rings is 1. The van der Waals surface area contributed by atoms with Crippen molar-refractivity contribution in [1.82, 2.24) is 4.98 Å². The fourth-order valence-electron chi connectivity index (χ4n) is 1.58. The van der Waals surface area contributed by atoms with E-state index in [-0.39, 0.29) is 6.29 Å². The van der Waals surface area contributed by atoms with Crippen molar-refractivity contribution >= 4 is 10.9 Å². The lowest BCUT2D eigenvalue weighted by Gasteiger charge is -2.13. The van der Waals surface area contributed by atoms with Gasteiger partial charge in [0.15, 0.2) is 6.29 Å². The van der Waals surface area contributed by atoms with Crippen molar-refractivity contribution < 1.29 is 9.47 Å². The van der Waals surface area contributed by atoms with Gasteiger partial charge in [-0.05, 0) is 17.5 Å². The quantitative estimate of drug-likeness (QED) is 0.756. The molecule has 1 heterocycles. The monoisotopic (exact) mass is 191 g/mol. The van der Waals surface area contributed by atoms with Crippen molar-refractivity contribution in [3.63, 3.8) is 0 Å². The number of hydrogen-bond donors (Lipinski definition) is 1. The first-order valence-corrected chi connectivity index (χ1v) is 4.48. The maximum absolute atomic E-state index is 5.17. The smallest absolute Gasteiger partial charge is 0.183 e. The Morgan fingerprint density at radius 3 is 2.64 bits per heavy atom. The second-order valence-electron chi connectivity index (χ2n) is 3.13. The standard InChI is InChI=1S/C11H13NO2/c1-13-11(14-2)9-4-3-8-5-6-12-10(8)7-9/h3-7,11-12H,1-2H3. The zero-order valence-electron chi connectivity index (χ0n) is 8.28. The molecule has 0 aliphatic rings. The molecule has 0 saturated heterocycles. The van der Waals surface area contributed by atoms with Crippen LogP contribution < -0.4 is 0 Å². The van der Waals surface area contributed by atoms with E-state index in [1.54, 1.807) is 14.2 Å². The van der Waals surface area contributed by atoms with Crippen LogP contribution in [0.5, 0.6) is 0 Å². The minimum Gasteiger partial charge on any atom is -0.361 e. The lowest BCUT2D eigenvalue weighted by atomic mass is 10.1. The van der Waals surface area contributed by atoms with Crippen molar-refractivity contribution in [3.8, 4) is 0 Å². The summed E-state index contributed by atoms with van der Waals surface area (Å²) < 4.78 is 10.3. The summed E-state index contributed by atoms with van der Waals surface area (Å²) in [6.07, 6.45) is 1.63. The predicted octanol–water partition coefficient (Wildman–Crippen LogP) is 2.46. The van der Waals surface area contributed by atoms with Gasteiger partial charge in [0, 0.05) is 31.5 Å². The van der Waals surface area contributed by atoms with E-state index in [9.17, 15) is 0 Å². The minimum atomic E-state index is -0.289. The van der Waals surface area contributed by atoms with Gasteiger partial charge in [-0.1, -0.05) is 12.1 Å². The Bertz CT molecular complexity index is 418. The summed E-state index contributed by atoms with van der Waals surface area (Å²) in [6, 6.07) is 8.13. The zero-order chi connectivity index (χ0) is 9.97. The summed E-state index contributed by atoms with van der Waals surface area (Å²) in [6.45, 7) is 0. The highest BCUT2D eigenvalue weighted by molar-refractivity contribution is 5.79. The number of hydrogen-bond acceptors (Lipinski definition) is 2. The molecule has 0 aliphatic carbocycles. The molecule has 14 heavy (non-hydrogen) atoms. The number of fused-ring (bicyclic) bond motifs is 1. The molecule has 1 aromatic carbocycles. The van der Waals surface area contributed by atoms with Crippen molar-refractivity contribution in [2.24, 2.45) is 0 Å². The molecule has 0 bridgehead atoms. The molecular formula is C11H13NO2. The number of H-pyrrole nitrogens is 1. The van der Waals surface area contributed by atoms with Gasteiger partial charge in [-0.15, -0.1) is 0 Å². The Labute approximate surface area is 82.6 Å². The third-order valence-electron chi connectivity index (χ3n) is 2.28. The van der Waals surface area contributed by atoms with Crippen LogP contribution >= 0.6 is 0 Å². The fourth-order valence-corrected chi connectivity index (χ4v) is 1.58. The molecule has 3 heteroatoms. The molecule has 0 unspecified atom stereocenters. The van der Waals surface area contributed by atoms with Crippen molar-refractivity contribution in [1.29, 1.82) is 0 Å². The van der Waals surface area contributed by atoms with Gasteiger partial charge in [0.2, 0.25) is 0 Å². The molecule has 0 saturated carbocycles. The number of nitrogens with one attached hydrogen (secondary N) is 1. The number of ether oxygens (including phenoxy) is 2. The highest BCUT2D eigenvalue weighted by Crippen LogP contribution is 2.21. The molecule has 1 N–H and O–H groups in total. The molecule has 0 aliphatic heterocycles. The van der Waals surface area contributed by atoms with Crippen LogP contribution in [0.1, 0.15) is 11.9 Å². The molecule has 2 rings (SSSR count). The van der Waals surface area contributed by atoms with E-state index in [4.69, 9.17) is 9.47 Å². The number of aromatic nitrogens is 1. The molecule has 0 amide bonds. The predicted molar refractivity (Wildman–Crippen MR) is 55.1 cm³/mol. The summed E-state index contributed by atoms with van der Waals surface area (Å²) in [5, 5.41) is 1.19. The van der Waals surface area contributed by atoms with E-state index in [1.807, 2.05) is 30.5 Å². The van der Waals surface area contributed by atoms with Crippen LogP contribution in [0.15, 0.2) is 30.5 Å². The van der Waals surface area contributed by atoms with Gasteiger partial charge < -0.3 is 14.5 Å². The maximum atomic E-state index is 5.17. The number of methoxy groups -OCH3 is 2. The fraction of sp³-hybridized carbons (Fsp3) is 0.273. The third-order valence-corrected chi connectivity index (χ3v) is 2.28. The van der Waals surface area contributed by atoms with Crippen LogP contribution in [0.25, 0.3) is 10.9 Å². The van der Waals surface area contributed by atoms with E-state index in [0.29, 0.717) is 0 Å². The topological polar surface area (TPSA) is 34.2 Å². The van der Waals surface area contributed by atoms with Crippen LogP contribution in [0.3, 0.4) is 0 Å². The second kappa shape index (κ2) is 3.82. The molecular weight excluding hydrogens is 178 g/mol. The Balaban J connectivity index is 2.42. The van der Waals surface area contributed by atoms with Crippen molar-refractivity contribution in [2.75, 3.05) is 14.2 Å². The Hall–Kier alpha value is -1.32. The Morgan fingerprint density at radius 2 is 1.93 bits per heavy atom. The van der Waals surface area contributed by atoms with E-state index < -0.39 is 0 Å². The minimum absolute atomic E-state index is 0.289. The summed E-state index contributed by atoms with van der Waals surface area (Å²) in [4.78, 5) is 3.15.